The second-order valence-corrected chi connectivity index (χ2v) is 8.49. The molecule has 0 bridgehead atoms. The number of para-hydroxylation sites is 1. The zero-order valence-corrected chi connectivity index (χ0v) is 21.2. The van der Waals surface area contributed by atoms with E-state index >= 15 is 0 Å². The molecule has 0 spiro atoms. The van der Waals surface area contributed by atoms with Crippen LogP contribution in [0.3, 0.4) is 0 Å². The van der Waals surface area contributed by atoms with Gasteiger partial charge in [-0.1, -0.05) is 29.8 Å². The zero-order chi connectivity index (χ0) is 25.1. The predicted molar refractivity (Wildman–Crippen MR) is 149 cm³/mol. The highest BCUT2D eigenvalue weighted by Gasteiger charge is 2.17. The molecule has 1 amide bonds. The van der Waals surface area contributed by atoms with Gasteiger partial charge in [0.1, 0.15) is 22.7 Å². The highest BCUT2D eigenvalue weighted by molar-refractivity contribution is 6.30. The molecule has 0 saturated heterocycles. The first-order valence-electron chi connectivity index (χ1n) is 11.2. The van der Waals surface area contributed by atoms with E-state index in [1.807, 2.05) is 36.4 Å². The summed E-state index contributed by atoms with van der Waals surface area (Å²) in [6, 6.07) is 21.5. The Bertz CT molecular complexity index is 1610. The van der Waals surface area contributed by atoms with Crippen molar-refractivity contribution in [3.05, 3.63) is 105 Å². The summed E-state index contributed by atoms with van der Waals surface area (Å²) in [5.74, 6) is 0.765. The summed E-state index contributed by atoms with van der Waals surface area (Å²) in [6.45, 7) is 0.473. The number of hydrogen-bond acceptors (Lipinski definition) is 5. The van der Waals surface area contributed by atoms with Crippen LogP contribution in [-0.2, 0) is 6.54 Å². The van der Waals surface area contributed by atoms with Crippen molar-refractivity contribution < 1.29 is 9.53 Å². The molecule has 5 aromatic rings. The van der Waals surface area contributed by atoms with Crippen molar-refractivity contribution in [1.82, 2.24) is 15.0 Å². The fraction of sp³-hybridized carbons (Fsp3) is 0.0741. The summed E-state index contributed by atoms with van der Waals surface area (Å²) in [7, 11) is 1.57. The van der Waals surface area contributed by atoms with Crippen molar-refractivity contribution in [2.45, 2.75) is 6.54 Å². The van der Waals surface area contributed by atoms with E-state index in [4.69, 9.17) is 16.3 Å². The van der Waals surface area contributed by atoms with Crippen molar-refractivity contribution in [3.8, 4) is 17.1 Å². The number of halogens is 2. The van der Waals surface area contributed by atoms with E-state index in [2.05, 4.69) is 25.6 Å². The molecule has 10 heteroatoms. The van der Waals surface area contributed by atoms with E-state index < -0.39 is 0 Å². The van der Waals surface area contributed by atoms with Crippen molar-refractivity contribution in [3.63, 3.8) is 0 Å². The molecule has 4 N–H and O–H groups in total. The second-order valence-electron chi connectivity index (χ2n) is 8.05. The van der Waals surface area contributed by atoms with Gasteiger partial charge in [0.15, 0.2) is 0 Å². The minimum atomic E-state index is -0.297. The molecule has 0 aliphatic rings. The number of hydrogen-bond donors (Lipinski definition) is 4. The molecule has 0 saturated carbocycles. The minimum absolute atomic E-state index is 0. The van der Waals surface area contributed by atoms with Crippen LogP contribution in [0.5, 0.6) is 5.75 Å². The molecule has 2 aromatic heterocycles. The largest absolute Gasteiger partial charge is 0.497 e. The summed E-state index contributed by atoms with van der Waals surface area (Å²) in [5, 5.41) is 6.85. The summed E-state index contributed by atoms with van der Waals surface area (Å²) >= 11 is 6.09. The van der Waals surface area contributed by atoms with Crippen molar-refractivity contribution in [2.75, 3.05) is 17.7 Å². The number of carbonyl (C=O) groups excluding carboxylic acids is 1. The van der Waals surface area contributed by atoms with Gasteiger partial charge in [-0.05, 0) is 60.2 Å². The number of rotatable bonds is 7. The number of aromatic amines is 2. The highest BCUT2D eigenvalue weighted by atomic mass is 35.5. The number of H-pyrrole nitrogens is 2. The minimum Gasteiger partial charge on any atom is -0.497 e. The van der Waals surface area contributed by atoms with Gasteiger partial charge in [-0.2, -0.15) is 0 Å². The Kier molecular flexibility index (Phi) is 7.81. The number of anilines is 2. The molecule has 0 radical (unpaired) electrons. The predicted octanol–water partition coefficient (Wildman–Crippen LogP) is 5.87. The number of imidazole rings is 1. The maximum absolute atomic E-state index is 12.8. The van der Waals surface area contributed by atoms with Crippen LogP contribution in [0.4, 0.5) is 11.4 Å². The number of carbonyl (C=O) groups is 1. The van der Waals surface area contributed by atoms with Crippen molar-refractivity contribution in [2.24, 2.45) is 0 Å². The molecule has 0 fully saturated rings. The molecule has 37 heavy (non-hydrogen) atoms. The summed E-state index contributed by atoms with van der Waals surface area (Å²) in [4.78, 5) is 36.2. The SMILES string of the molecule is COc1ccc(C(=O)Nc2cccc3[nH]c(-c4c(NCc5cccc(Cl)c5)cc[nH]c4=O)nc23)cc1.Cl. The van der Waals surface area contributed by atoms with E-state index in [9.17, 15) is 9.59 Å². The maximum Gasteiger partial charge on any atom is 0.261 e. The smallest absolute Gasteiger partial charge is 0.261 e. The molecule has 188 valence electrons. The van der Waals surface area contributed by atoms with Crippen molar-refractivity contribution in [1.29, 1.82) is 0 Å². The second kappa shape index (κ2) is 11.2. The fourth-order valence-corrected chi connectivity index (χ4v) is 4.11. The van der Waals surface area contributed by atoms with Gasteiger partial charge in [0.05, 0.1) is 24.0 Å². The van der Waals surface area contributed by atoms with Gasteiger partial charge in [0.25, 0.3) is 11.5 Å². The van der Waals surface area contributed by atoms with E-state index in [-0.39, 0.29) is 23.9 Å². The van der Waals surface area contributed by atoms with Crippen molar-refractivity contribution >= 4 is 52.3 Å². The quantitative estimate of drug-likeness (QED) is 0.208. The average molecular weight is 536 g/mol. The summed E-state index contributed by atoms with van der Waals surface area (Å²) < 4.78 is 5.15. The highest BCUT2D eigenvalue weighted by Crippen LogP contribution is 2.28. The summed E-state index contributed by atoms with van der Waals surface area (Å²) in [6.07, 6.45) is 1.58. The first-order chi connectivity index (χ1) is 17.5. The number of aromatic nitrogens is 3. The van der Waals surface area contributed by atoms with Gasteiger partial charge in [0.2, 0.25) is 0 Å². The molecule has 3 aromatic carbocycles. The Morgan fingerprint density at radius 1 is 1.03 bits per heavy atom. The monoisotopic (exact) mass is 535 g/mol. The van der Waals surface area contributed by atoms with Gasteiger partial charge < -0.3 is 25.3 Å². The lowest BCUT2D eigenvalue weighted by Gasteiger charge is -2.10. The Morgan fingerprint density at radius 2 is 1.81 bits per heavy atom. The Hall–Kier alpha value is -4.27. The Morgan fingerprint density at radius 3 is 2.57 bits per heavy atom. The molecule has 2 heterocycles. The van der Waals surface area contributed by atoms with Crippen LogP contribution in [-0.4, -0.2) is 28.0 Å². The number of nitrogens with zero attached hydrogens (tertiary/aromatic N) is 1. The number of benzene rings is 3. The molecular formula is C27H23Cl2N5O3. The molecule has 8 nitrogen and oxygen atoms in total. The topological polar surface area (TPSA) is 112 Å². The third kappa shape index (κ3) is 5.61. The van der Waals surface area contributed by atoms with Gasteiger partial charge in [0, 0.05) is 23.3 Å². The lowest BCUT2D eigenvalue weighted by Crippen LogP contribution is -2.13. The number of fused-ring (bicyclic) bond motifs is 1. The zero-order valence-electron chi connectivity index (χ0n) is 19.7. The third-order valence-electron chi connectivity index (χ3n) is 5.68. The molecule has 5 rings (SSSR count). The van der Waals surface area contributed by atoms with Gasteiger partial charge in [-0.3, -0.25) is 9.59 Å². The van der Waals surface area contributed by atoms with E-state index in [0.29, 0.717) is 56.7 Å². The third-order valence-corrected chi connectivity index (χ3v) is 5.92. The normalized spacial score (nSPS) is 10.5. The molecule has 0 aliphatic carbocycles. The number of methoxy groups -OCH3 is 1. The summed E-state index contributed by atoms with van der Waals surface area (Å²) in [5.41, 5.74) is 3.88. The molecule has 0 aliphatic heterocycles. The van der Waals surface area contributed by atoms with Crippen LogP contribution in [0.1, 0.15) is 15.9 Å². The fourth-order valence-electron chi connectivity index (χ4n) is 3.89. The van der Waals surface area contributed by atoms with Gasteiger partial charge >= 0.3 is 0 Å². The first kappa shape index (κ1) is 25.8. The number of nitrogens with one attached hydrogen (secondary N) is 4. The lowest BCUT2D eigenvalue weighted by molar-refractivity contribution is 0.102. The Labute approximate surface area is 223 Å². The van der Waals surface area contributed by atoms with Crippen LogP contribution < -0.4 is 20.9 Å². The van der Waals surface area contributed by atoms with Crippen LogP contribution in [0.25, 0.3) is 22.4 Å². The average Bonchev–Trinajstić information content (AvgIpc) is 3.32. The van der Waals surface area contributed by atoms with Gasteiger partial charge in [-0.25, -0.2) is 4.98 Å². The van der Waals surface area contributed by atoms with Crippen LogP contribution in [0.2, 0.25) is 5.02 Å². The van der Waals surface area contributed by atoms with Crippen LogP contribution in [0, 0.1) is 0 Å². The number of amides is 1. The van der Waals surface area contributed by atoms with E-state index in [1.165, 1.54) is 0 Å². The number of ether oxygens (including phenoxy) is 1. The maximum atomic E-state index is 12.8. The lowest BCUT2D eigenvalue weighted by atomic mass is 10.2. The van der Waals surface area contributed by atoms with E-state index in [1.54, 1.807) is 49.7 Å². The first-order valence-corrected chi connectivity index (χ1v) is 11.5. The van der Waals surface area contributed by atoms with Crippen LogP contribution in [0.15, 0.2) is 83.8 Å². The molecular weight excluding hydrogens is 513 g/mol. The number of pyridine rings is 1. The van der Waals surface area contributed by atoms with Gasteiger partial charge in [-0.15, -0.1) is 12.4 Å². The molecule has 0 unspecified atom stereocenters. The molecule has 0 atom stereocenters. The van der Waals surface area contributed by atoms with Crippen LogP contribution >= 0.6 is 24.0 Å². The standard InChI is InChI=1S/C27H22ClN5O3.ClH/c1-36-19-10-8-17(9-11-19)26(34)32-22-7-3-6-21-24(22)33-25(31-21)23-20(12-13-29-27(23)35)30-15-16-4-2-5-18(28)14-16;/h2-14H,15H2,1H3,(H,31,33)(H,32,34)(H2,29,30,35);1H. The van der Waals surface area contributed by atoms with E-state index in [0.717, 1.165) is 5.56 Å². The Balaban J connectivity index is 0.00000320.